The van der Waals surface area contributed by atoms with Gasteiger partial charge in [0, 0.05) is 12.8 Å². The number of nitrogens with two attached hydrogens (primary N) is 1. The smallest absolute Gasteiger partial charge is 0.103 e. The van der Waals surface area contributed by atoms with Crippen LogP contribution in [0.4, 0.5) is 0 Å². The molecule has 1 heterocycles. The van der Waals surface area contributed by atoms with Crippen LogP contribution in [0.15, 0.2) is 17.1 Å². The zero-order valence-electron chi connectivity index (χ0n) is 17.0. The third-order valence-electron chi connectivity index (χ3n) is 5.20. The Morgan fingerprint density at radius 1 is 0.960 bits per heavy atom. The summed E-state index contributed by atoms with van der Waals surface area (Å²) in [4.78, 5) is 6.82. The lowest BCUT2D eigenvalue weighted by Crippen LogP contribution is -2.43. The van der Waals surface area contributed by atoms with E-state index >= 15 is 0 Å². The average molecular weight is 350 g/mol. The summed E-state index contributed by atoms with van der Waals surface area (Å²) in [6, 6.07) is 0. The quantitative estimate of drug-likeness (QED) is 0.272. The largest absolute Gasteiger partial charge is 0.316 e. The minimum absolute atomic E-state index is 0.115. The molecule has 0 aliphatic carbocycles. The van der Waals surface area contributed by atoms with Gasteiger partial charge in [0.15, 0.2) is 0 Å². The summed E-state index contributed by atoms with van der Waals surface area (Å²) in [5, 5.41) is 0. The van der Waals surface area contributed by atoms with E-state index in [1.807, 2.05) is 6.21 Å². The molecular formula is C22H43N3. The van der Waals surface area contributed by atoms with Crippen molar-refractivity contribution in [2.75, 3.05) is 6.54 Å². The number of unbranched alkanes of at least 4 members (excludes halogenated alkanes) is 11. The lowest BCUT2D eigenvalue weighted by atomic mass is 10.1. The maximum Gasteiger partial charge on any atom is 0.103 e. The van der Waals surface area contributed by atoms with Crippen molar-refractivity contribution in [3.63, 3.8) is 0 Å². The van der Waals surface area contributed by atoms with Gasteiger partial charge < -0.3 is 5.73 Å². The minimum atomic E-state index is 0.115. The van der Waals surface area contributed by atoms with E-state index in [1.165, 1.54) is 83.5 Å². The van der Waals surface area contributed by atoms with Crippen LogP contribution in [0.25, 0.3) is 0 Å². The normalized spacial score (nSPS) is 19.2. The molecule has 0 amide bonds. The van der Waals surface area contributed by atoms with E-state index < -0.39 is 0 Å². The van der Waals surface area contributed by atoms with Crippen LogP contribution >= 0.6 is 0 Å². The Bertz CT molecular complexity index is 349. The monoisotopic (exact) mass is 349 g/mol. The summed E-state index contributed by atoms with van der Waals surface area (Å²) in [5.74, 6) is 0. The fourth-order valence-electron chi connectivity index (χ4n) is 3.55. The summed E-state index contributed by atoms with van der Waals surface area (Å²) in [5.41, 5.74) is 5.98. The Kier molecular flexibility index (Phi) is 13.9. The molecule has 146 valence electrons. The molecule has 3 heteroatoms. The third kappa shape index (κ3) is 11.5. The van der Waals surface area contributed by atoms with E-state index in [2.05, 4.69) is 35.9 Å². The zero-order valence-corrected chi connectivity index (χ0v) is 17.0. The third-order valence-corrected chi connectivity index (χ3v) is 5.20. The van der Waals surface area contributed by atoms with Crippen LogP contribution in [0.1, 0.15) is 104 Å². The predicted molar refractivity (Wildman–Crippen MR) is 112 cm³/mol. The van der Waals surface area contributed by atoms with Crippen LogP contribution < -0.4 is 5.73 Å². The van der Waals surface area contributed by atoms with E-state index in [1.54, 1.807) is 0 Å². The van der Waals surface area contributed by atoms with Gasteiger partial charge in [-0.25, -0.2) is 0 Å². The van der Waals surface area contributed by atoms with Crippen molar-refractivity contribution in [1.82, 2.24) is 4.90 Å². The number of allylic oxidation sites excluding steroid dienone is 2. The van der Waals surface area contributed by atoms with E-state index in [4.69, 9.17) is 5.73 Å². The van der Waals surface area contributed by atoms with Crippen molar-refractivity contribution in [1.29, 1.82) is 0 Å². The Balaban J connectivity index is 1.84. The lowest BCUT2D eigenvalue weighted by molar-refractivity contribution is 0.182. The lowest BCUT2D eigenvalue weighted by Gasteiger charge is -2.26. The molecule has 0 saturated heterocycles. The Hall–Kier alpha value is -0.670. The second kappa shape index (κ2) is 15.6. The topological polar surface area (TPSA) is 41.6 Å². The average Bonchev–Trinajstić information content (AvgIpc) is 3.07. The first-order valence-electron chi connectivity index (χ1n) is 10.9. The molecule has 0 aromatic heterocycles. The van der Waals surface area contributed by atoms with E-state index in [0.717, 1.165) is 13.0 Å². The molecule has 25 heavy (non-hydrogen) atoms. The number of rotatable bonds is 16. The van der Waals surface area contributed by atoms with Crippen molar-refractivity contribution >= 4 is 6.21 Å². The van der Waals surface area contributed by atoms with Gasteiger partial charge in [-0.1, -0.05) is 70.4 Å². The first-order chi connectivity index (χ1) is 12.3. The number of nitrogens with zero attached hydrogens (tertiary/aromatic N) is 2. The van der Waals surface area contributed by atoms with Crippen LogP contribution in [-0.4, -0.2) is 30.0 Å². The van der Waals surface area contributed by atoms with Crippen LogP contribution in [0, 0.1) is 0 Å². The highest BCUT2D eigenvalue weighted by molar-refractivity contribution is 5.62. The summed E-state index contributed by atoms with van der Waals surface area (Å²) in [6.07, 6.45) is 26.1. The summed E-state index contributed by atoms with van der Waals surface area (Å²) < 4.78 is 0. The number of hydrogen-bond acceptors (Lipinski definition) is 3. The standard InChI is InChI=1S/C22H43N3/c1-3-4-5-6-7-8-9-10-11-12-13-14-15-16-17-18-22-24-19-20-25(22)21(2)23/h13-14,19,21-22H,3-12,15-18,20,23H2,1-2H3/b14-13+. The molecule has 2 atom stereocenters. The summed E-state index contributed by atoms with van der Waals surface area (Å²) in [7, 11) is 0. The van der Waals surface area contributed by atoms with Crippen LogP contribution in [0.2, 0.25) is 0 Å². The highest BCUT2D eigenvalue weighted by Gasteiger charge is 2.22. The Morgan fingerprint density at radius 3 is 2.12 bits per heavy atom. The molecule has 0 fully saturated rings. The maximum absolute atomic E-state index is 5.98. The van der Waals surface area contributed by atoms with Gasteiger partial charge >= 0.3 is 0 Å². The van der Waals surface area contributed by atoms with Crippen LogP contribution in [0.3, 0.4) is 0 Å². The molecule has 0 spiro atoms. The van der Waals surface area contributed by atoms with Crippen LogP contribution in [0.5, 0.6) is 0 Å². The first kappa shape index (κ1) is 22.4. The Labute approximate surface area is 157 Å². The molecule has 0 aromatic rings. The maximum atomic E-state index is 5.98. The molecule has 2 unspecified atom stereocenters. The molecule has 0 radical (unpaired) electrons. The fraction of sp³-hybridized carbons (Fsp3) is 0.864. The van der Waals surface area contributed by atoms with Crippen molar-refractivity contribution in [3.05, 3.63) is 12.2 Å². The van der Waals surface area contributed by atoms with Crippen molar-refractivity contribution in [2.45, 2.75) is 116 Å². The van der Waals surface area contributed by atoms with Gasteiger partial charge in [0.2, 0.25) is 0 Å². The van der Waals surface area contributed by atoms with E-state index in [9.17, 15) is 0 Å². The molecule has 1 aliphatic heterocycles. The van der Waals surface area contributed by atoms with E-state index in [0.29, 0.717) is 6.17 Å². The van der Waals surface area contributed by atoms with Gasteiger partial charge in [0.25, 0.3) is 0 Å². The van der Waals surface area contributed by atoms with Gasteiger partial charge in [-0.2, -0.15) is 0 Å². The second-order valence-corrected chi connectivity index (χ2v) is 7.62. The molecule has 0 bridgehead atoms. The summed E-state index contributed by atoms with van der Waals surface area (Å²) >= 11 is 0. The first-order valence-corrected chi connectivity index (χ1v) is 10.9. The molecule has 1 aliphatic rings. The molecule has 3 nitrogen and oxygen atoms in total. The Morgan fingerprint density at radius 2 is 1.52 bits per heavy atom. The molecule has 1 rings (SSSR count). The van der Waals surface area contributed by atoms with Crippen LogP contribution in [-0.2, 0) is 0 Å². The molecule has 0 saturated carbocycles. The molecular weight excluding hydrogens is 306 g/mol. The van der Waals surface area contributed by atoms with Gasteiger partial charge in [-0.3, -0.25) is 9.89 Å². The highest BCUT2D eigenvalue weighted by atomic mass is 15.3. The van der Waals surface area contributed by atoms with Gasteiger partial charge in [0.1, 0.15) is 6.17 Å². The number of hydrogen-bond donors (Lipinski definition) is 1. The zero-order chi connectivity index (χ0) is 18.2. The van der Waals surface area contributed by atoms with Gasteiger partial charge in [-0.05, 0) is 45.4 Å². The minimum Gasteiger partial charge on any atom is -0.316 e. The number of aliphatic imine (C=N–C) groups is 1. The molecule has 2 N–H and O–H groups in total. The highest BCUT2D eigenvalue weighted by Crippen LogP contribution is 2.16. The fourth-order valence-corrected chi connectivity index (χ4v) is 3.55. The van der Waals surface area contributed by atoms with Gasteiger partial charge in [-0.15, -0.1) is 0 Å². The van der Waals surface area contributed by atoms with Crippen molar-refractivity contribution < 1.29 is 0 Å². The summed E-state index contributed by atoms with van der Waals surface area (Å²) in [6.45, 7) is 5.26. The molecule has 0 aromatic carbocycles. The SMILES string of the molecule is CCCCCCCCCCC/C=C/CCCCC1N=CCN1C(C)N. The van der Waals surface area contributed by atoms with Crippen molar-refractivity contribution in [3.8, 4) is 0 Å². The van der Waals surface area contributed by atoms with Crippen molar-refractivity contribution in [2.24, 2.45) is 10.7 Å². The predicted octanol–water partition coefficient (Wildman–Crippen LogP) is 6.04. The van der Waals surface area contributed by atoms with E-state index in [-0.39, 0.29) is 6.17 Å². The van der Waals surface area contributed by atoms with Gasteiger partial charge in [0.05, 0.1) is 6.17 Å². The second-order valence-electron chi connectivity index (χ2n) is 7.62.